The SMILES string of the molecule is Cc1nn(C)c(C)c1CCC(=O)NCc1ccccc1CN1CCCCC1C. The number of likely N-dealkylation sites (tertiary alicyclic amines) is 1. The summed E-state index contributed by atoms with van der Waals surface area (Å²) < 4.78 is 1.89. The van der Waals surface area contributed by atoms with E-state index in [1.54, 1.807) is 0 Å². The molecule has 1 saturated heterocycles. The Morgan fingerprint density at radius 1 is 1.21 bits per heavy atom. The quantitative estimate of drug-likeness (QED) is 0.795. The van der Waals surface area contributed by atoms with Crippen LogP contribution in [-0.2, 0) is 31.4 Å². The van der Waals surface area contributed by atoms with Crippen molar-refractivity contribution in [2.24, 2.45) is 7.05 Å². The van der Waals surface area contributed by atoms with Crippen molar-refractivity contribution in [3.63, 3.8) is 0 Å². The first-order valence-electron chi connectivity index (χ1n) is 10.5. The molecule has 1 aliphatic rings. The van der Waals surface area contributed by atoms with Gasteiger partial charge in [-0.05, 0) is 63.3 Å². The number of benzene rings is 1. The Morgan fingerprint density at radius 3 is 2.64 bits per heavy atom. The second kappa shape index (κ2) is 9.37. The van der Waals surface area contributed by atoms with E-state index in [1.807, 2.05) is 18.7 Å². The Hall–Kier alpha value is -2.14. The molecule has 1 atom stereocenters. The van der Waals surface area contributed by atoms with Crippen molar-refractivity contribution in [3.05, 3.63) is 52.3 Å². The Morgan fingerprint density at radius 2 is 1.96 bits per heavy atom. The molecule has 1 amide bonds. The lowest BCUT2D eigenvalue weighted by molar-refractivity contribution is -0.121. The van der Waals surface area contributed by atoms with Gasteiger partial charge in [-0.15, -0.1) is 0 Å². The fourth-order valence-electron chi connectivity index (χ4n) is 4.20. The van der Waals surface area contributed by atoms with Crippen LogP contribution >= 0.6 is 0 Å². The molecule has 1 unspecified atom stereocenters. The number of nitrogens with one attached hydrogen (secondary N) is 1. The van der Waals surface area contributed by atoms with E-state index in [1.165, 1.54) is 42.5 Å². The number of carbonyl (C=O) groups excluding carboxylic acids is 1. The third-order valence-electron chi connectivity index (χ3n) is 6.17. The van der Waals surface area contributed by atoms with Crippen LogP contribution in [0.1, 0.15) is 60.7 Å². The average Bonchev–Trinajstić information content (AvgIpc) is 2.92. The number of nitrogens with zero attached hydrogens (tertiary/aromatic N) is 3. The van der Waals surface area contributed by atoms with Gasteiger partial charge in [0.05, 0.1) is 5.69 Å². The van der Waals surface area contributed by atoms with Crippen molar-refractivity contribution < 1.29 is 4.79 Å². The number of aromatic nitrogens is 2. The van der Waals surface area contributed by atoms with Crippen molar-refractivity contribution in [2.75, 3.05) is 6.54 Å². The summed E-state index contributed by atoms with van der Waals surface area (Å²) in [6.07, 6.45) is 5.15. The van der Waals surface area contributed by atoms with E-state index < -0.39 is 0 Å². The normalized spacial score (nSPS) is 17.6. The zero-order chi connectivity index (χ0) is 20.1. The number of piperidine rings is 1. The molecule has 5 nitrogen and oxygen atoms in total. The van der Waals surface area contributed by atoms with E-state index in [9.17, 15) is 4.79 Å². The smallest absolute Gasteiger partial charge is 0.220 e. The van der Waals surface area contributed by atoms with Crippen molar-refractivity contribution in [1.29, 1.82) is 0 Å². The Bertz CT molecular complexity index is 811. The van der Waals surface area contributed by atoms with Crippen LogP contribution in [0.25, 0.3) is 0 Å². The van der Waals surface area contributed by atoms with Gasteiger partial charge in [0.2, 0.25) is 5.91 Å². The van der Waals surface area contributed by atoms with Gasteiger partial charge in [-0.3, -0.25) is 14.4 Å². The highest BCUT2D eigenvalue weighted by molar-refractivity contribution is 5.76. The largest absolute Gasteiger partial charge is 0.352 e. The van der Waals surface area contributed by atoms with Crippen LogP contribution in [0, 0.1) is 13.8 Å². The maximum Gasteiger partial charge on any atom is 0.220 e. The Labute approximate surface area is 169 Å². The molecular formula is C23H34N4O. The number of aryl methyl sites for hydroxylation is 2. The lowest BCUT2D eigenvalue weighted by atomic mass is 10.0. The third-order valence-corrected chi connectivity index (χ3v) is 6.17. The zero-order valence-electron chi connectivity index (χ0n) is 17.8. The van der Waals surface area contributed by atoms with Gasteiger partial charge in [-0.25, -0.2) is 0 Å². The van der Waals surface area contributed by atoms with Gasteiger partial charge in [-0.2, -0.15) is 5.10 Å². The van der Waals surface area contributed by atoms with Crippen LogP contribution in [0.5, 0.6) is 0 Å². The van der Waals surface area contributed by atoms with Gasteiger partial charge < -0.3 is 5.32 Å². The first-order chi connectivity index (χ1) is 13.5. The molecule has 1 aliphatic heterocycles. The minimum absolute atomic E-state index is 0.101. The minimum Gasteiger partial charge on any atom is -0.352 e. The summed E-state index contributed by atoms with van der Waals surface area (Å²) in [5, 5.41) is 7.55. The van der Waals surface area contributed by atoms with Crippen molar-refractivity contribution in [1.82, 2.24) is 20.0 Å². The summed E-state index contributed by atoms with van der Waals surface area (Å²) in [6, 6.07) is 9.14. The fraction of sp³-hybridized carbons (Fsp3) is 0.565. The summed E-state index contributed by atoms with van der Waals surface area (Å²) in [6.45, 7) is 9.14. The van der Waals surface area contributed by atoms with Gasteiger partial charge >= 0.3 is 0 Å². The summed E-state index contributed by atoms with van der Waals surface area (Å²) in [5.41, 5.74) is 5.91. The van der Waals surface area contributed by atoms with Crippen molar-refractivity contribution in [2.45, 2.75) is 72.0 Å². The second-order valence-electron chi connectivity index (χ2n) is 8.13. The van der Waals surface area contributed by atoms with Crippen LogP contribution in [-0.4, -0.2) is 33.2 Å². The maximum atomic E-state index is 12.4. The van der Waals surface area contributed by atoms with Crippen LogP contribution in [0.2, 0.25) is 0 Å². The zero-order valence-corrected chi connectivity index (χ0v) is 17.8. The summed E-state index contributed by atoms with van der Waals surface area (Å²) in [5.74, 6) is 0.101. The van der Waals surface area contributed by atoms with E-state index in [4.69, 9.17) is 0 Å². The first-order valence-corrected chi connectivity index (χ1v) is 10.5. The molecule has 0 saturated carbocycles. The van der Waals surface area contributed by atoms with Gasteiger partial charge in [-0.1, -0.05) is 30.7 Å². The van der Waals surface area contributed by atoms with Gasteiger partial charge in [0.1, 0.15) is 0 Å². The number of hydrogen-bond acceptors (Lipinski definition) is 3. The number of hydrogen-bond donors (Lipinski definition) is 1. The predicted octanol–water partition coefficient (Wildman–Crippen LogP) is 3.66. The monoisotopic (exact) mass is 382 g/mol. The van der Waals surface area contributed by atoms with Gasteiger partial charge in [0, 0.05) is 38.3 Å². The molecular weight excluding hydrogens is 348 g/mol. The molecule has 2 heterocycles. The molecule has 0 aliphatic carbocycles. The number of amides is 1. The predicted molar refractivity (Wildman–Crippen MR) is 113 cm³/mol. The maximum absolute atomic E-state index is 12.4. The van der Waals surface area contributed by atoms with Crippen LogP contribution in [0.3, 0.4) is 0 Å². The topological polar surface area (TPSA) is 50.2 Å². The summed E-state index contributed by atoms with van der Waals surface area (Å²) in [4.78, 5) is 15.0. The Balaban J connectivity index is 1.54. The average molecular weight is 383 g/mol. The fourth-order valence-corrected chi connectivity index (χ4v) is 4.20. The molecule has 28 heavy (non-hydrogen) atoms. The van der Waals surface area contributed by atoms with E-state index in [0.29, 0.717) is 19.0 Å². The molecule has 1 aromatic carbocycles. The van der Waals surface area contributed by atoms with Gasteiger partial charge in [0.15, 0.2) is 0 Å². The molecule has 2 aromatic rings. The molecule has 0 spiro atoms. The molecule has 0 bridgehead atoms. The van der Waals surface area contributed by atoms with Gasteiger partial charge in [0.25, 0.3) is 0 Å². The molecule has 1 aromatic heterocycles. The number of rotatable bonds is 7. The number of carbonyl (C=O) groups is 1. The van der Waals surface area contributed by atoms with Crippen LogP contribution in [0.15, 0.2) is 24.3 Å². The van der Waals surface area contributed by atoms with E-state index in [-0.39, 0.29) is 5.91 Å². The second-order valence-corrected chi connectivity index (χ2v) is 8.13. The van der Waals surface area contributed by atoms with E-state index in [0.717, 1.165) is 24.4 Å². The highest BCUT2D eigenvalue weighted by Gasteiger charge is 2.19. The van der Waals surface area contributed by atoms with E-state index >= 15 is 0 Å². The first kappa shape index (κ1) is 20.6. The molecule has 1 fully saturated rings. The van der Waals surface area contributed by atoms with E-state index in [2.05, 4.69) is 53.4 Å². The highest BCUT2D eigenvalue weighted by Crippen LogP contribution is 2.21. The third kappa shape index (κ3) is 5.02. The summed E-state index contributed by atoms with van der Waals surface area (Å²) in [7, 11) is 1.95. The lowest BCUT2D eigenvalue weighted by Gasteiger charge is -2.33. The molecule has 1 N–H and O–H groups in total. The van der Waals surface area contributed by atoms with Crippen molar-refractivity contribution in [3.8, 4) is 0 Å². The van der Waals surface area contributed by atoms with Crippen LogP contribution in [0.4, 0.5) is 0 Å². The lowest BCUT2D eigenvalue weighted by Crippen LogP contribution is -2.37. The molecule has 3 rings (SSSR count). The molecule has 5 heteroatoms. The Kier molecular flexibility index (Phi) is 6.89. The van der Waals surface area contributed by atoms with Crippen molar-refractivity contribution >= 4 is 5.91 Å². The van der Waals surface area contributed by atoms with Crippen LogP contribution < -0.4 is 5.32 Å². The highest BCUT2D eigenvalue weighted by atomic mass is 16.1. The molecule has 152 valence electrons. The standard InChI is InChI=1S/C23H34N4O/c1-17-9-7-8-14-27(17)16-21-11-6-5-10-20(21)15-24-23(28)13-12-22-18(2)25-26(4)19(22)3/h5-6,10-11,17H,7-9,12-16H2,1-4H3,(H,24,28). The molecule has 0 radical (unpaired) electrons. The minimum atomic E-state index is 0.101. The summed E-state index contributed by atoms with van der Waals surface area (Å²) >= 11 is 0.